The van der Waals surface area contributed by atoms with Crippen molar-refractivity contribution in [2.45, 2.75) is 32.6 Å². The molecule has 21 heavy (non-hydrogen) atoms. The second kappa shape index (κ2) is 6.66. The summed E-state index contributed by atoms with van der Waals surface area (Å²) in [5.74, 6) is -2.20. The summed E-state index contributed by atoms with van der Waals surface area (Å²) >= 11 is 0. The molecular weight excluding hydrogens is 268 g/mol. The summed E-state index contributed by atoms with van der Waals surface area (Å²) in [4.78, 5) is 36.4. The van der Waals surface area contributed by atoms with Crippen molar-refractivity contribution in [1.82, 2.24) is 0 Å². The molecule has 4 heteroatoms. The molecule has 0 N–H and O–H groups in total. The monoisotopic (exact) mass is 288 g/mol. The van der Waals surface area contributed by atoms with E-state index in [2.05, 4.69) is 0 Å². The van der Waals surface area contributed by atoms with Gasteiger partial charge in [-0.3, -0.25) is 14.4 Å². The Bertz CT molecular complexity index is 535. The summed E-state index contributed by atoms with van der Waals surface area (Å²) in [6.45, 7) is 3.47. The maximum atomic E-state index is 12.3. The number of rotatable bonds is 4. The summed E-state index contributed by atoms with van der Waals surface area (Å²) in [5, 5.41) is 0. The van der Waals surface area contributed by atoms with Crippen molar-refractivity contribution in [2.75, 3.05) is 6.61 Å². The number of ketones is 2. The van der Waals surface area contributed by atoms with Crippen LogP contribution in [0.5, 0.6) is 0 Å². The molecule has 1 aromatic rings. The van der Waals surface area contributed by atoms with Gasteiger partial charge in [-0.05, 0) is 25.8 Å². The molecule has 0 saturated heterocycles. The Morgan fingerprint density at radius 1 is 1.24 bits per heavy atom. The zero-order valence-electron chi connectivity index (χ0n) is 12.4. The highest BCUT2D eigenvalue weighted by Gasteiger charge is 2.45. The first-order chi connectivity index (χ1) is 10.1. The third kappa shape index (κ3) is 3.20. The highest BCUT2D eigenvalue weighted by molar-refractivity contribution is 6.02. The Kier molecular flexibility index (Phi) is 4.89. The van der Waals surface area contributed by atoms with Crippen molar-refractivity contribution in [3.8, 4) is 0 Å². The van der Waals surface area contributed by atoms with Gasteiger partial charge >= 0.3 is 5.97 Å². The van der Waals surface area contributed by atoms with Crippen LogP contribution in [0.1, 0.15) is 38.2 Å². The van der Waals surface area contributed by atoms with Crippen molar-refractivity contribution < 1.29 is 19.1 Å². The van der Waals surface area contributed by atoms with E-state index >= 15 is 0 Å². The maximum Gasteiger partial charge on any atom is 0.317 e. The predicted molar refractivity (Wildman–Crippen MR) is 77.7 cm³/mol. The minimum absolute atomic E-state index is 0.0191. The molecule has 1 aliphatic rings. The molecule has 0 aromatic heterocycles. The van der Waals surface area contributed by atoms with E-state index in [9.17, 15) is 14.4 Å². The van der Waals surface area contributed by atoms with E-state index in [1.54, 1.807) is 6.92 Å². The molecule has 0 heterocycles. The van der Waals surface area contributed by atoms with Crippen molar-refractivity contribution in [3.05, 3.63) is 35.9 Å². The van der Waals surface area contributed by atoms with Crippen LogP contribution in [0.4, 0.5) is 0 Å². The molecule has 1 saturated carbocycles. The molecule has 0 bridgehead atoms. The lowest BCUT2D eigenvalue weighted by atomic mass is 9.67. The molecule has 1 aliphatic carbocycles. The minimum Gasteiger partial charge on any atom is -0.465 e. The van der Waals surface area contributed by atoms with Crippen molar-refractivity contribution in [3.63, 3.8) is 0 Å². The molecule has 0 spiro atoms. The topological polar surface area (TPSA) is 60.4 Å². The van der Waals surface area contributed by atoms with E-state index in [-0.39, 0.29) is 30.5 Å². The average molecular weight is 288 g/mol. The van der Waals surface area contributed by atoms with Gasteiger partial charge in [-0.1, -0.05) is 30.3 Å². The third-order valence-corrected chi connectivity index (χ3v) is 4.09. The van der Waals surface area contributed by atoms with Crippen LogP contribution in [0.2, 0.25) is 0 Å². The Balaban J connectivity index is 2.43. The van der Waals surface area contributed by atoms with Crippen LogP contribution in [-0.2, 0) is 19.1 Å². The van der Waals surface area contributed by atoms with Crippen LogP contribution in [0.15, 0.2) is 30.3 Å². The van der Waals surface area contributed by atoms with Gasteiger partial charge in [0.2, 0.25) is 0 Å². The van der Waals surface area contributed by atoms with Crippen molar-refractivity contribution in [2.24, 2.45) is 11.8 Å². The van der Waals surface area contributed by atoms with Gasteiger partial charge in [0, 0.05) is 18.3 Å². The SMILES string of the molecule is CCOC(=O)[C@H]1C(=O)CC[C@@H](C(C)=O)[C@@H]1c1ccccc1. The predicted octanol–water partition coefficient (Wildman–Crippen LogP) is 2.52. The molecule has 2 rings (SSSR count). The van der Waals surface area contributed by atoms with Crippen LogP contribution in [-0.4, -0.2) is 24.1 Å². The summed E-state index contributed by atoms with van der Waals surface area (Å²) in [5.41, 5.74) is 0.851. The molecule has 0 unspecified atom stereocenters. The Morgan fingerprint density at radius 2 is 1.90 bits per heavy atom. The highest BCUT2D eigenvalue weighted by Crippen LogP contribution is 2.41. The van der Waals surface area contributed by atoms with Gasteiger partial charge in [-0.25, -0.2) is 0 Å². The maximum absolute atomic E-state index is 12.3. The number of benzene rings is 1. The van der Waals surface area contributed by atoms with Gasteiger partial charge in [0.15, 0.2) is 0 Å². The Labute approximate surface area is 124 Å². The lowest BCUT2D eigenvalue weighted by molar-refractivity contribution is -0.155. The van der Waals surface area contributed by atoms with E-state index in [0.717, 1.165) is 5.56 Å². The number of carbonyl (C=O) groups is 3. The molecule has 0 aliphatic heterocycles. The molecule has 4 nitrogen and oxygen atoms in total. The quantitative estimate of drug-likeness (QED) is 0.631. The van der Waals surface area contributed by atoms with Gasteiger partial charge in [0.05, 0.1) is 6.61 Å². The minimum atomic E-state index is -0.866. The van der Waals surface area contributed by atoms with Gasteiger partial charge in [0.1, 0.15) is 17.5 Å². The molecule has 112 valence electrons. The first kappa shape index (κ1) is 15.4. The molecule has 1 aromatic carbocycles. The third-order valence-electron chi connectivity index (χ3n) is 4.09. The lowest BCUT2D eigenvalue weighted by Crippen LogP contribution is -2.41. The number of hydrogen-bond acceptors (Lipinski definition) is 4. The fraction of sp³-hybridized carbons (Fsp3) is 0.471. The summed E-state index contributed by atoms with van der Waals surface area (Å²) < 4.78 is 5.06. The molecule has 1 fully saturated rings. The molecule has 0 radical (unpaired) electrons. The second-order valence-corrected chi connectivity index (χ2v) is 5.39. The second-order valence-electron chi connectivity index (χ2n) is 5.39. The zero-order chi connectivity index (χ0) is 15.4. The van der Waals surface area contributed by atoms with Gasteiger partial charge in [-0.15, -0.1) is 0 Å². The summed E-state index contributed by atoms with van der Waals surface area (Å²) in [7, 11) is 0. The molecule has 3 atom stereocenters. The lowest BCUT2D eigenvalue weighted by Gasteiger charge is -2.35. The van der Waals surface area contributed by atoms with Crippen LogP contribution in [0, 0.1) is 11.8 Å². The normalized spacial score (nSPS) is 25.4. The van der Waals surface area contributed by atoms with Gasteiger partial charge in [0.25, 0.3) is 0 Å². The van der Waals surface area contributed by atoms with E-state index in [1.807, 2.05) is 30.3 Å². The fourth-order valence-electron chi connectivity index (χ4n) is 3.13. The van der Waals surface area contributed by atoms with Gasteiger partial charge in [-0.2, -0.15) is 0 Å². The van der Waals surface area contributed by atoms with Gasteiger partial charge < -0.3 is 4.74 Å². The number of carbonyl (C=O) groups excluding carboxylic acids is 3. The van der Waals surface area contributed by atoms with Crippen molar-refractivity contribution >= 4 is 17.5 Å². The fourth-order valence-corrected chi connectivity index (χ4v) is 3.13. The van der Waals surface area contributed by atoms with Crippen molar-refractivity contribution in [1.29, 1.82) is 0 Å². The number of esters is 1. The molecular formula is C17H20O4. The standard InChI is InChI=1S/C17H20O4/c1-3-21-17(20)16-14(19)10-9-13(11(2)18)15(16)12-7-5-4-6-8-12/h4-8,13,15-16H,3,9-10H2,1-2H3/t13-,15-,16-/m0/s1. The first-order valence-corrected chi connectivity index (χ1v) is 7.31. The smallest absolute Gasteiger partial charge is 0.317 e. The first-order valence-electron chi connectivity index (χ1n) is 7.31. The number of ether oxygens (including phenoxy) is 1. The summed E-state index contributed by atoms with van der Waals surface area (Å²) in [6.07, 6.45) is 0.765. The zero-order valence-corrected chi connectivity index (χ0v) is 12.4. The van der Waals surface area contributed by atoms with E-state index in [1.165, 1.54) is 6.92 Å². The van der Waals surface area contributed by atoms with E-state index in [0.29, 0.717) is 6.42 Å². The Hall–Kier alpha value is -1.97. The van der Waals surface area contributed by atoms with E-state index < -0.39 is 17.8 Å². The van der Waals surface area contributed by atoms with Crippen LogP contribution in [0.25, 0.3) is 0 Å². The Morgan fingerprint density at radius 3 is 2.48 bits per heavy atom. The van der Waals surface area contributed by atoms with Crippen LogP contribution < -0.4 is 0 Å². The number of Topliss-reactive ketones (excluding diaryl/α,β-unsaturated/α-hetero) is 2. The number of hydrogen-bond donors (Lipinski definition) is 0. The average Bonchev–Trinajstić information content (AvgIpc) is 2.47. The largest absolute Gasteiger partial charge is 0.465 e. The van der Waals surface area contributed by atoms with Crippen LogP contribution >= 0.6 is 0 Å². The summed E-state index contributed by atoms with van der Waals surface area (Å²) in [6, 6.07) is 9.31. The molecule has 0 amide bonds. The van der Waals surface area contributed by atoms with E-state index in [4.69, 9.17) is 4.74 Å². The highest BCUT2D eigenvalue weighted by atomic mass is 16.5. The van der Waals surface area contributed by atoms with Crippen LogP contribution in [0.3, 0.4) is 0 Å².